The van der Waals surface area contributed by atoms with E-state index in [1.165, 1.54) is 30.1 Å². The lowest BCUT2D eigenvalue weighted by Crippen LogP contribution is -2.21. The van der Waals surface area contributed by atoms with Gasteiger partial charge in [0, 0.05) is 12.7 Å². The highest BCUT2D eigenvalue weighted by Gasteiger charge is 2.19. The van der Waals surface area contributed by atoms with E-state index in [1.807, 2.05) is 0 Å². The summed E-state index contributed by atoms with van der Waals surface area (Å²) in [5.41, 5.74) is -0.627. The number of nitrogens with zero attached hydrogens (tertiary/aromatic N) is 3. The molecule has 0 aliphatic heterocycles. The number of fused-ring (bicyclic) bond motifs is 1. The molecule has 2 heterocycles. The number of ether oxygens (including phenoxy) is 1. The first-order chi connectivity index (χ1) is 12.6. The fraction of sp³-hybridized carbons (Fsp3) is 0.316. The molecule has 136 valence electrons. The fourth-order valence-corrected chi connectivity index (χ4v) is 2.81. The van der Waals surface area contributed by atoms with Crippen LogP contribution in [0.25, 0.3) is 22.2 Å². The second-order valence-corrected chi connectivity index (χ2v) is 5.98. The van der Waals surface area contributed by atoms with Gasteiger partial charge in [0.25, 0.3) is 5.56 Å². The minimum Gasteiger partial charge on any atom is -0.494 e. The molecule has 26 heavy (non-hydrogen) atoms. The van der Waals surface area contributed by atoms with Crippen molar-refractivity contribution in [2.45, 2.75) is 32.7 Å². The zero-order chi connectivity index (χ0) is 18.7. The van der Waals surface area contributed by atoms with Crippen LogP contribution < -0.4 is 10.3 Å². The summed E-state index contributed by atoms with van der Waals surface area (Å²) < 4.78 is 35.6. The molecule has 1 aromatic carbocycles. The van der Waals surface area contributed by atoms with Crippen molar-refractivity contribution in [3.63, 3.8) is 0 Å². The quantitative estimate of drug-likeness (QED) is 0.626. The molecular weight excluding hydrogens is 340 g/mol. The smallest absolute Gasteiger partial charge is 0.261 e. The van der Waals surface area contributed by atoms with Gasteiger partial charge in [-0.3, -0.25) is 4.79 Å². The van der Waals surface area contributed by atoms with Gasteiger partial charge in [0.05, 0.1) is 30.5 Å². The predicted octanol–water partition coefficient (Wildman–Crippen LogP) is 3.94. The van der Waals surface area contributed by atoms with Crippen molar-refractivity contribution in [2.24, 2.45) is 0 Å². The standard InChI is InChI=1S/C19H19F2N3O2/c1-3-4-5-7-24-8-6-12-9-14(16(20)17(21)15(12)19(24)25)18-22-10-13(26-2)11-23-18/h6,8-11H,3-5,7H2,1-2H3. The molecule has 0 saturated heterocycles. The number of halogens is 2. The van der Waals surface area contributed by atoms with Crippen molar-refractivity contribution in [1.82, 2.24) is 14.5 Å². The number of methoxy groups -OCH3 is 1. The Morgan fingerprint density at radius 3 is 2.54 bits per heavy atom. The summed E-state index contributed by atoms with van der Waals surface area (Å²) in [6.07, 6.45) is 7.14. The van der Waals surface area contributed by atoms with Gasteiger partial charge in [-0.05, 0) is 23.9 Å². The van der Waals surface area contributed by atoms with Crippen LogP contribution in [0.1, 0.15) is 26.2 Å². The normalized spacial score (nSPS) is 11.1. The average Bonchev–Trinajstić information content (AvgIpc) is 2.66. The largest absolute Gasteiger partial charge is 0.494 e. The minimum absolute atomic E-state index is 0.0243. The number of aryl methyl sites for hydroxylation is 1. The predicted molar refractivity (Wildman–Crippen MR) is 95.2 cm³/mol. The number of benzene rings is 1. The summed E-state index contributed by atoms with van der Waals surface area (Å²) in [5.74, 6) is -1.88. The topological polar surface area (TPSA) is 57.0 Å². The molecule has 0 bridgehead atoms. The zero-order valence-corrected chi connectivity index (χ0v) is 14.6. The monoisotopic (exact) mass is 359 g/mol. The summed E-state index contributed by atoms with van der Waals surface area (Å²) in [4.78, 5) is 20.5. The van der Waals surface area contributed by atoms with Gasteiger partial charge >= 0.3 is 0 Å². The molecule has 3 aromatic rings. The molecule has 5 nitrogen and oxygen atoms in total. The molecule has 7 heteroatoms. The van der Waals surface area contributed by atoms with Crippen molar-refractivity contribution in [3.8, 4) is 17.1 Å². The van der Waals surface area contributed by atoms with E-state index in [9.17, 15) is 13.6 Å². The van der Waals surface area contributed by atoms with Crippen LogP contribution in [0.2, 0.25) is 0 Å². The van der Waals surface area contributed by atoms with Crippen LogP contribution in [-0.2, 0) is 6.54 Å². The Labute approximate surface area is 149 Å². The number of hydrogen-bond donors (Lipinski definition) is 0. The Kier molecular flexibility index (Phi) is 5.25. The Balaban J connectivity index is 2.10. The Hall–Kier alpha value is -2.83. The molecule has 0 spiro atoms. The number of pyridine rings is 1. The maximum absolute atomic E-state index is 14.7. The van der Waals surface area contributed by atoms with Gasteiger partial charge in [0.2, 0.25) is 0 Å². The lowest BCUT2D eigenvalue weighted by atomic mass is 10.1. The number of aromatic nitrogens is 3. The highest BCUT2D eigenvalue weighted by molar-refractivity contribution is 5.86. The van der Waals surface area contributed by atoms with Crippen LogP contribution in [-0.4, -0.2) is 21.6 Å². The summed E-state index contributed by atoms with van der Waals surface area (Å²) in [6, 6.07) is 3.01. The third kappa shape index (κ3) is 3.29. The third-order valence-electron chi connectivity index (χ3n) is 4.25. The van der Waals surface area contributed by atoms with Crippen LogP contribution in [0.5, 0.6) is 5.75 Å². The van der Waals surface area contributed by atoms with Gasteiger partial charge in [-0.25, -0.2) is 18.7 Å². The van der Waals surface area contributed by atoms with Gasteiger partial charge in [-0.1, -0.05) is 19.8 Å². The highest BCUT2D eigenvalue weighted by Crippen LogP contribution is 2.27. The first kappa shape index (κ1) is 18.0. The van der Waals surface area contributed by atoms with Crippen molar-refractivity contribution >= 4 is 10.8 Å². The van der Waals surface area contributed by atoms with Crippen LogP contribution in [0.15, 0.2) is 35.5 Å². The molecule has 2 aromatic heterocycles. The summed E-state index contributed by atoms with van der Waals surface area (Å²) >= 11 is 0. The van der Waals surface area contributed by atoms with Gasteiger partial charge < -0.3 is 9.30 Å². The van der Waals surface area contributed by atoms with E-state index in [4.69, 9.17) is 4.74 Å². The molecule has 0 amide bonds. The molecule has 0 radical (unpaired) electrons. The summed E-state index contributed by atoms with van der Waals surface area (Å²) in [7, 11) is 1.46. The number of hydrogen-bond acceptors (Lipinski definition) is 4. The van der Waals surface area contributed by atoms with E-state index in [1.54, 1.807) is 12.3 Å². The van der Waals surface area contributed by atoms with Crippen molar-refractivity contribution in [3.05, 3.63) is 52.7 Å². The first-order valence-electron chi connectivity index (χ1n) is 8.44. The van der Waals surface area contributed by atoms with Crippen LogP contribution in [0.3, 0.4) is 0 Å². The maximum atomic E-state index is 14.7. The van der Waals surface area contributed by atoms with Gasteiger partial charge in [0.1, 0.15) is 0 Å². The first-order valence-corrected chi connectivity index (χ1v) is 8.44. The second-order valence-electron chi connectivity index (χ2n) is 5.98. The van der Waals surface area contributed by atoms with E-state index in [-0.39, 0.29) is 16.8 Å². The summed E-state index contributed by atoms with van der Waals surface area (Å²) in [6.45, 7) is 2.54. The number of rotatable bonds is 6. The number of unbranched alkanes of at least 4 members (excludes halogenated alkanes) is 2. The molecule has 0 aliphatic rings. The van der Waals surface area contributed by atoms with Gasteiger partial charge in [-0.15, -0.1) is 0 Å². The molecule has 0 aliphatic carbocycles. The molecule has 0 unspecified atom stereocenters. The van der Waals surface area contributed by atoms with Crippen molar-refractivity contribution in [1.29, 1.82) is 0 Å². The van der Waals surface area contributed by atoms with E-state index in [0.29, 0.717) is 17.7 Å². The third-order valence-corrected chi connectivity index (χ3v) is 4.25. The van der Waals surface area contributed by atoms with E-state index < -0.39 is 17.2 Å². The Bertz CT molecular complexity index is 985. The van der Waals surface area contributed by atoms with Crippen molar-refractivity contribution in [2.75, 3.05) is 7.11 Å². The lowest BCUT2D eigenvalue weighted by Gasteiger charge is -2.10. The van der Waals surface area contributed by atoms with Gasteiger partial charge in [-0.2, -0.15) is 0 Å². The minimum atomic E-state index is -1.17. The van der Waals surface area contributed by atoms with Crippen LogP contribution in [0, 0.1) is 11.6 Å². The highest BCUT2D eigenvalue weighted by atomic mass is 19.2. The van der Waals surface area contributed by atoms with Crippen molar-refractivity contribution < 1.29 is 13.5 Å². The fourth-order valence-electron chi connectivity index (χ4n) is 2.81. The molecule has 0 saturated carbocycles. The van der Waals surface area contributed by atoms with Gasteiger partial charge in [0.15, 0.2) is 23.2 Å². The Morgan fingerprint density at radius 2 is 1.88 bits per heavy atom. The van der Waals surface area contributed by atoms with Crippen LogP contribution in [0.4, 0.5) is 8.78 Å². The lowest BCUT2D eigenvalue weighted by molar-refractivity contribution is 0.411. The summed E-state index contributed by atoms with van der Waals surface area (Å²) in [5, 5.41) is 0.0637. The molecule has 0 N–H and O–H groups in total. The molecule has 3 rings (SSSR count). The zero-order valence-electron chi connectivity index (χ0n) is 14.6. The average molecular weight is 359 g/mol. The Morgan fingerprint density at radius 1 is 1.15 bits per heavy atom. The molecule has 0 atom stereocenters. The molecular formula is C19H19F2N3O2. The van der Waals surface area contributed by atoms with E-state index >= 15 is 0 Å². The van der Waals surface area contributed by atoms with Crippen LogP contribution >= 0.6 is 0 Å². The SMILES string of the molecule is CCCCCn1ccc2cc(-c3ncc(OC)cn3)c(F)c(F)c2c1=O. The van der Waals surface area contributed by atoms with E-state index in [2.05, 4.69) is 16.9 Å². The van der Waals surface area contributed by atoms with E-state index in [0.717, 1.165) is 19.3 Å². The maximum Gasteiger partial charge on any atom is 0.261 e. The second kappa shape index (κ2) is 7.59. The molecule has 0 fully saturated rings.